The van der Waals surface area contributed by atoms with Crippen LogP contribution in [0.1, 0.15) is 41.3 Å². The van der Waals surface area contributed by atoms with E-state index < -0.39 is 0 Å². The number of nitrogens with zero attached hydrogens (tertiary/aromatic N) is 4. The highest BCUT2D eigenvalue weighted by Gasteiger charge is 2.28. The van der Waals surface area contributed by atoms with Crippen LogP contribution in [0, 0.1) is 13.8 Å². The van der Waals surface area contributed by atoms with E-state index in [2.05, 4.69) is 24.2 Å². The summed E-state index contributed by atoms with van der Waals surface area (Å²) in [5, 5.41) is 14.3. The van der Waals surface area contributed by atoms with Crippen LogP contribution < -0.4 is 0 Å². The van der Waals surface area contributed by atoms with Crippen molar-refractivity contribution in [2.24, 2.45) is 0 Å². The molecule has 1 atom stereocenters. The van der Waals surface area contributed by atoms with Crippen molar-refractivity contribution in [1.29, 1.82) is 0 Å². The minimum absolute atomic E-state index is 0.0290. The molecule has 28 heavy (non-hydrogen) atoms. The molecule has 1 aliphatic heterocycles. The summed E-state index contributed by atoms with van der Waals surface area (Å²) in [6, 6.07) is 6.32. The van der Waals surface area contributed by atoms with E-state index in [-0.39, 0.29) is 18.6 Å². The maximum Gasteiger partial charge on any atom is 0.254 e. The molecular weight excluding hydrogens is 352 g/mol. The van der Waals surface area contributed by atoms with E-state index >= 15 is 0 Å². The fraction of sp³-hybridized carbons (Fsp3) is 0.409. The minimum Gasteiger partial charge on any atom is -0.394 e. The zero-order valence-corrected chi connectivity index (χ0v) is 16.6. The van der Waals surface area contributed by atoms with Gasteiger partial charge in [-0.05, 0) is 51.3 Å². The number of benzene rings is 1. The van der Waals surface area contributed by atoms with E-state index in [0.717, 1.165) is 52.7 Å². The number of likely N-dealkylation sites (tertiary alicyclic amines) is 1. The lowest BCUT2D eigenvalue weighted by Crippen LogP contribution is -2.33. The SMILES string of the molecule is Cc1cc(C)c2nc(-c3cnn(CCO)c3)cc(C(=O)N3CCC[C@H]3C)c2c1. The Morgan fingerprint density at radius 1 is 1.29 bits per heavy atom. The summed E-state index contributed by atoms with van der Waals surface area (Å²) in [6.07, 6.45) is 5.70. The van der Waals surface area contributed by atoms with Crippen molar-refractivity contribution in [3.05, 3.63) is 47.3 Å². The monoisotopic (exact) mass is 378 g/mol. The van der Waals surface area contributed by atoms with Crippen molar-refractivity contribution in [2.75, 3.05) is 13.2 Å². The van der Waals surface area contributed by atoms with Gasteiger partial charge in [0, 0.05) is 29.7 Å². The number of aliphatic hydroxyl groups is 1. The van der Waals surface area contributed by atoms with Gasteiger partial charge in [0.25, 0.3) is 5.91 Å². The summed E-state index contributed by atoms with van der Waals surface area (Å²) in [7, 11) is 0. The Hall–Kier alpha value is -2.73. The lowest BCUT2D eigenvalue weighted by atomic mass is 9.99. The normalized spacial score (nSPS) is 16.9. The smallest absolute Gasteiger partial charge is 0.254 e. The Balaban J connectivity index is 1.89. The highest BCUT2D eigenvalue weighted by Crippen LogP contribution is 2.30. The second-order valence-corrected chi connectivity index (χ2v) is 7.74. The lowest BCUT2D eigenvalue weighted by molar-refractivity contribution is 0.0749. The Morgan fingerprint density at radius 3 is 2.82 bits per heavy atom. The molecule has 3 heterocycles. The first-order chi connectivity index (χ1) is 13.5. The van der Waals surface area contributed by atoms with Crippen LogP contribution in [0.2, 0.25) is 0 Å². The quantitative estimate of drug-likeness (QED) is 0.756. The summed E-state index contributed by atoms with van der Waals surface area (Å²) in [6.45, 7) is 7.47. The van der Waals surface area contributed by atoms with Gasteiger partial charge in [0.15, 0.2) is 0 Å². The van der Waals surface area contributed by atoms with E-state index in [1.807, 2.05) is 31.0 Å². The summed E-state index contributed by atoms with van der Waals surface area (Å²) in [5.41, 5.74) is 5.32. The molecule has 1 aliphatic rings. The molecule has 4 rings (SSSR count). The molecule has 0 bridgehead atoms. The Bertz CT molecular complexity index is 1040. The lowest BCUT2D eigenvalue weighted by Gasteiger charge is -2.23. The maximum absolute atomic E-state index is 13.4. The average molecular weight is 378 g/mol. The first kappa shape index (κ1) is 18.6. The molecule has 3 aromatic rings. The molecule has 1 amide bonds. The third-order valence-corrected chi connectivity index (χ3v) is 5.55. The zero-order chi connectivity index (χ0) is 19.8. The number of amides is 1. The summed E-state index contributed by atoms with van der Waals surface area (Å²) in [5.74, 6) is 0.0754. The van der Waals surface area contributed by atoms with Crippen molar-refractivity contribution in [1.82, 2.24) is 19.7 Å². The molecule has 0 unspecified atom stereocenters. The van der Waals surface area contributed by atoms with Crippen LogP contribution in [-0.2, 0) is 6.54 Å². The van der Waals surface area contributed by atoms with Gasteiger partial charge in [-0.25, -0.2) is 4.98 Å². The number of pyridine rings is 1. The Kier molecular flexibility index (Phi) is 4.89. The highest BCUT2D eigenvalue weighted by atomic mass is 16.3. The molecule has 146 valence electrons. The zero-order valence-electron chi connectivity index (χ0n) is 16.6. The molecule has 6 nitrogen and oxygen atoms in total. The molecule has 6 heteroatoms. The van der Waals surface area contributed by atoms with Crippen LogP contribution >= 0.6 is 0 Å². The van der Waals surface area contributed by atoms with Gasteiger partial charge in [0.05, 0.1) is 36.1 Å². The fourth-order valence-corrected chi connectivity index (χ4v) is 4.12. The number of hydrogen-bond acceptors (Lipinski definition) is 4. The summed E-state index contributed by atoms with van der Waals surface area (Å²) < 4.78 is 1.69. The van der Waals surface area contributed by atoms with Crippen molar-refractivity contribution in [2.45, 2.75) is 46.2 Å². The molecule has 2 aromatic heterocycles. The van der Waals surface area contributed by atoms with E-state index in [1.165, 1.54) is 0 Å². The van der Waals surface area contributed by atoms with Gasteiger partial charge < -0.3 is 10.0 Å². The van der Waals surface area contributed by atoms with Crippen LogP contribution in [0.25, 0.3) is 22.2 Å². The van der Waals surface area contributed by atoms with Crippen LogP contribution in [0.4, 0.5) is 0 Å². The predicted octanol–water partition coefficient (Wildman–Crippen LogP) is 3.33. The van der Waals surface area contributed by atoms with Crippen LogP contribution in [0.15, 0.2) is 30.6 Å². The maximum atomic E-state index is 13.4. The van der Waals surface area contributed by atoms with Crippen LogP contribution in [0.5, 0.6) is 0 Å². The van der Waals surface area contributed by atoms with E-state index in [4.69, 9.17) is 10.1 Å². The largest absolute Gasteiger partial charge is 0.394 e. The molecule has 0 radical (unpaired) electrons. The second-order valence-electron chi connectivity index (χ2n) is 7.74. The molecule has 1 saturated heterocycles. The van der Waals surface area contributed by atoms with Gasteiger partial charge in [-0.15, -0.1) is 0 Å². The van der Waals surface area contributed by atoms with Gasteiger partial charge in [0.1, 0.15) is 0 Å². The van der Waals surface area contributed by atoms with Crippen LogP contribution in [-0.4, -0.2) is 49.9 Å². The third kappa shape index (κ3) is 3.29. The minimum atomic E-state index is 0.0290. The molecule has 1 aromatic carbocycles. The molecular formula is C22H26N4O2. The standard InChI is InChI=1S/C22H26N4O2/c1-14-9-15(2)21-18(10-14)19(22(28)26-6-4-5-16(26)3)11-20(24-21)17-12-23-25(13-17)7-8-27/h9-13,16,27H,4-8H2,1-3H3/t16-/m1/s1. The summed E-state index contributed by atoms with van der Waals surface area (Å²) in [4.78, 5) is 20.3. The first-order valence-corrected chi connectivity index (χ1v) is 9.84. The fourth-order valence-electron chi connectivity index (χ4n) is 4.12. The molecule has 0 saturated carbocycles. The number of carbonyl (C=O) groups is 1. The van der Waals surface area contributed by atoms with Gasteiger partial charge >= 0.3 is 0 Å². The molecule has 0 aliphatic carbocycles. The number of carbonyl (C=O) groups excluding carboxylic acids is 1. The first-order valence-electron chi connectivity index (χ1n) is 9.84. The van der Waals surface area contributed by atoms with Crippen LogP contribution in [0.3, 0.4) is 0 Å². The van der Waals surface area contributed by atoms with Crippen molar-refractivity contribution < 1.29 is 9.90 Å². The highest BCUT2D eigenvalue weighted by molar-refractivity contribution is 6.08. The van der Waals surface area contributed by atoms with Crippen molar-refractivity contribution in [3.8, 4) is 11.3 Å². The number of rotatable bonds is 4. The summed E-state index contributed by atoms with van der Waals surface area (Å²) >= 11 is 0. The van der Waals surface area contributed by atoms with E-state index in [1.54, 1.807) is 10.9 Å². The second kappa shape index (κ2) is 7.36. The number of aromatic nitrogens is 3. The van der Waals surface area contributed by atoms with Gasteiger partial charge in [-0.2, -0.15) is 5.10 Å². The average Bonchev–Trinajstić information content (AvgIpc) is 3.30. The topological polar surface area (TPSA) is 71.2 Å². The third-order valence-electron chi connectivity index (χ3n) is 5.55. The molecule has 1 fully saturated rings. The number of fused-ring (bicyclic) bond motifs is 1. The predicted molar refractivity (Wildman–Crippen MR) is 109 cm³/mol. The van der Waals surface area contributed by atoms with Crippen molar-refractivity contribution in [3.63, 3.8) is 0 Å². The Labute approximate surface area is 164 Å². The molecule has 1 N–H and O–H groups in total. The van der Waals surface area contributed by atoms with Gasteiger partial charge in [-0.3, -0.25) is 9.48 Å². The van der Waals surface area contributed by atoms with E-state index in [0.29, 0.717) is 12.1 Å². The van der Waals surface area contributed by atoms with Gasteiger partial charge in [-0.1, -0.05) is 11.6 Å². The van der Waals surface area contributed by atoms with E-state index in [9.17, 15) is 4.79 Å². The van der Waals surface area contributed by atoms with Crippen molar-refractivity contribution >= 4 is 16.8 Å². The number of aliphatic hydroxyl groups excluding tert-OH is 1. The number of hydrogen-bond donors (Lipinski definition) is 1. The van der Waals surface area contributed by atoms with Gasteiger partial charge in [0.2, 0.25) is 0 Å². The Morgan fingerprint density at radius 2 is 2.11 bits per heavy atom. The number of aryl methyl sites for hydroxylation is 2. The molecule has 0 spiro atoms.